The summed E-state index contributed by atoms with van der Waals surface area (Å²) in [6, 6.07) is 5.12. The van der Waals surface area contributed by atoms with Crippen molar-refractivity contribution in [2.45, 2.75) is 25.3 Å². The second-order valence-corrected chi connectivity index (χ2v) is 4.89. The first-order chi connectivity index (χ1) is 6.59. The van der Waals surface area contributed by atoms with Crippen LogP contribution in [-0.2, 0) is 0 Å². The predicted octanol–water partition coefficient (Wildman–Crippen LogP) is 3.04. The maximum Gasteiger partial charge on any atom is 0.124 e. The van der Waals surface area contributed by atoms with Crippen molar-refractivity contribution in [3.05, 3.63) is 34.1 Å². The molecule has 2 N–H and O–H groups in total. The van der Waals surface area contributed by atoms with Crippen LogP contribution >= 0.6 is 15.9 Å². The van der Waals surface area contributed by atoms with Gasteiger partial charge in [0, 0.05) is 10.5 Å². The molecule has 0 amide bonds. The summed E-state index contributed by atoms with van der Waals surface area (Å²) in [6.07, 6.45) is 1.13. The average Bonchev–Trinajstić information content (AvgIpc) is 2.83. The van der Waals surface area contributed by atoms with Crippen molar-refractivity contribution in [2.75, 3.05) is 0 Å². The van der Waals surface area contributed by atoms with E-state index in [0.29, 0.717) is 11.8 Å². The molecule has 0 aliphatic heterocycles. The number of benzene rings is 1. The maximum atomic E-state index is 12.8. The molecular formula is C11H13BrFN. The Bertz CT molecular complexity index is 351. The zero-order valence-electron chi connectivity index (χ0n) is 8.00. The molecule has 0 aromatic heterocycles. The highest BCUT2D eigenvalue weighted by Crippen LogP contribution is 2.50. The lowest BCUT2D eigenvalue weighted by molar-refractivity contribution is 0.620. The van der Waals surface area contributed by atoms with E-state index in [9.17, 15) is 4.39 Å². The minimum atomic E-state index is -0.196. The highest BCUT2D eigenvalue weighted by Gasteiger charge is 2.41. The monoisotopic (exact) mass is 257 g/mol. The first-order valence-electron chi connectivity index (χ1n) is 4.80. The predicted molar refractivity (Wildman–Crippen MR) is 58.6 cm³/mol. The Morgan fingerprint density at radius 2 is 2.29 bits per heavy atom. The SMILES string of the molecule is CC(N)C1CC1c1ccc(F)cc1Br. The summed E-state index contributed by atoms with van der Waals surface area (Å²) < 4.78 is 13.7. The Morgan fingerprint density at radius 1 is 1.57 bits per heavy atom. The van der Waals surface area contributed by atoms with E-state index in [1.165, 1.54) is 17.7 Å². The fourth-order valence-corrected chi connectivity index (χ4v) is 2.60. The fraction of sp³-hybridized carbons (Fsp3) is 0.455. The van der Waals surface area contributed by atoms with Crippen LogP contribution in [0.4, 0.5) is 4.39 Å². The van der Waals surface area contributed by atoms with Crippen LogP contribution in [0.25, 0.3) is 0 Å². The van der Waals surface area contributed by atoms with Gasteiger partial charge in [-0.05, 0) is 42.9 Å². The quantitative estimate of drug-likeness (QED) is 0.866. The normalized spacial score (nSPS) is 27.4. The molecule has 0 heterocycles. The summed E-state index contributed by atoms with van der Waals surface area (Å²) in [5.41, 5.74) is 7.00. The molecule has 1 fully saturated rings. The number of nitrogens with two attached hydrogens (primary N) is 1. The second-order valence-electron chi connectivity index (χ2n) is 4.03. The first kappa shape index (κ1) is 10.1. The molecule has 14 heavy (non-hydrogen) atoms. The Kier molecular flexibility index (Phi) is 2.62. The molecule has 3 heteroatoms. The molecule has 1 aliphatic rings. The molecule has 76 valence electrons. The first-order valence-corrected chi connectivity index (χ1v) is 5.59. The molecule has 1 aromatic carbocycles. The number of hydrogen-bond donors (Lipinski definition) is 1. The van der Waals surface area contributed by atoms with Crippen molar-refractivity contribution in [1.29, 1.82) is 0 Å². The van der Waals surface area contributed by atoms with Gasteiger partial charge in [-0.25, -0.2) is 4.39 Å². The molecule has 0 spiro atoms. The summed E-state index contributed by atoms with van der Waals surface area (Å²) >= 11 is 3.38. The number of halogens is 2. The minimum absolute atomic E-state index is 0.196. The molecule has 1 nitrogen and oxygen atoms in total. The highest BCUT2D eigenvalue weighted by molar-refractivity contribution is 9.10. The number of rotatable bonds is 2. The van der Waals surface area contributed by atoms with Gasteiger partial charge in [-0.3, -0.25) is 0 Å². The average molecular weight is 258 g/mol. The van der Waals surface area contributed by atoms with Gasteiger partial charge in [0.2, 0.25) is 0 Å². The van der Waals surface area contributed by atoms with Crippen molar-refractivity contribution in [1.82, 2.24) is 0 Å². The van der Waals surface area contributed by atoms with Crippen LogP contribution in [0, 0.1) is 11.7 Å². The van der Waals surface area contributed by atoms with Crippen molar-refractivity contribution in [2.24, 2.45) is 11.7 Å². The number of hydrogen-bond acceptors (Lipinski definition) is 1. The van der Waals surface area contributed by atoms with Gasteiger partial charge >= 0.3 is 0 Å². The molecule has 3 unspecified atom stereocenters. The smallest absolute Gasteiger partial charge is 0.124 e. The molecule has 1 aromatic rings. The van der Waals surface area contributed by atoms with Gasteiger partial charge in [0.05, 0.1) is 0 Å². The minimum Gasteiger partial charge on any atom is -0.328 e. The van der Waals surface area contributed by atoms with Crippen LogP contribution in [0.5, 0.6) is 0 Å². The Labute approximate surface area is 91.6 Å². The standard InChI is InChI=1S/C11H13BrFN/c1-6(14)9-5-10(9)8-3-2-7(13)4-11(8)12/h2-4,6,9-10H,5,14H2,1H3. The van der Waals surface area contributed by atoms with Crippen molar-refractivity contribution in [3.8, 4) is 0 Å². The largest absolute Gasteiger partial charge is 0.328 e. The summed E-state index contributed by atoms with van der Waals surface area (Å²) in [4.78, 5) is 0. The van der Waals surface area contributed by atoms with Crippen LogP contribution in [0.2, 0.25) is 0 Å². The maximum absolute atomic E-state index is 12.8. The Hall–Kier alpha value is -0.410. The zero-order valence-corrected chi connectivity index (χ0v) is 9.59. The summed E-state index contributed by atoms with van der Waals surface area (Å²) in [5.74, 6) is 0.889. The van der Waals surface area contributed by atoms with Crippen LogP contribution in [-0.4, -0.2) is 6.04 Å². The second kappa shape index (κ2) is 3.63. The van der Waals surface area contributed by atoms with E-state index in [2.05, 4.69) is 15.9 Å². The van der Waals surface area contributed by atoms with Gasteiger partial charge in [0.25, 0.3) is 0 Å². The van der Waals surface area contributed by atoms with E-state index in [0.717, 1.165) is 10.9 Å². The van der Waals surface area contributed by atoms with Gasteiger partial charge in [0.15, 0.2) is 0 Å². The third-order valence-electron chi connectivity index (χ3n) is 2.88. The molecule has 0 radical (unpaired) electrons. The van der Waals surface area contributed by atoms with Gasteiger partial charge < -0.3 is 5.73 Å². The molecule has 1 aliphatic carbocycles. The molecule has 0 saturated heterocycles. The third kappa shape index (κ3) is 1.84. The van der Waals surface area contributed by atoms with Crippen LogP contribution in [0.15, 0.2) is 22.7 Å². The lowest BCUT2D eigenvalue weighted by Gasteiger charge is -2.06. The van der Waals surface area contributed by atoms with E-state index >= 15 is 0 Å². The van der Waals surface area contributed by atoms with Gasteiger partial charge in [-0.1, -0.05) is 22.0 Å². The molecule has 3 atom stereocenters. The molecule has 2 rings (SSSR count). The van der Waals surface area contributed by atoms with Crippen molar-refractivity contribution >= 4 is 15.9 Å². The van der Waals surface area contributed by atoms with E-state index in [4.69, 9.17) is 5.73 Å². The van der Waals surface area contributed by atoms with Crippen molar-refractivity contribution in [3.63, 3.8) is 0 Å². The fourth-order valence-electron chi connectivity index (χ4n) is 1.96. The third-order valence-corrected chi connectivity index (χ3v) is 3.56. The highest BCUT2D eigenvalue weighted by atomic mass is 79.9. The summed E-state index contributed by atoms with van der Waals surface area (Å²) in [5, 5.41) is 0. The van der Waals surface area contributed by atoms with Crippen LogP contribution < -0.4 is 5.73 Å². The van der Waals surface area contributed by atoms with E-state index in [1.807, 2.05) is 13.0 Å². The van der Waals surface area contributed by atoms with E-state index in [-0.39, 0.29) is 11.9 Å². The molecule has 0 bridgehead atoms. The van der Waals surface area contributed by atoms with Crippen LogP contribution in [0.1, 0.15) is 24.8 Å². The molecular weight excluding hydrogens is 245 g/mol. The Balaban J connectivity index is 2.19. The lowest BCUT2D eigenvalue weighted by atomic mass is 10.1. The van der Waals surface area contributed by atoms with Gasteiger partial charge in [-0.2, -0.15) is 0 Å². The van der Waals surface area contributed by atoms with Gasteiger partial charge in [-0.15, -0.1) is 0 Å². The van der Waals surface area contributed by atoms with E-state index in [1.54, 1.807) is 0 Å². The van der Waals surface area contributed by atoms with E-state index < -0.39 is 0 Å². The lowest BCUT2D eigenvalue weighted by Crippen LogP contribution is -2.18. The summed E-state index contributed by atoms with van der Waals surface area (Å²) in [6.45, 7) is 2.03. The topological polar surface area (TPSA) is 26.0 Å². The molecule has 1 saturated carbocycles. The van der Waals surface area contributed by atoms with Gasteiger partial charge in [0.1, 0.15) is 5.82 Å². The Morgan fingerprint density at radius 3 is 2.79 bits per heavy atom. The van der Waals surface area contributed by atoms with Crippen LogP contribution in [0.3, 0.4) is 0 Å². The summed E-state index contributed by atoms with van der Waals surface area (Å²) in [7, 11) is 0. The zero-order chi connectivity index (χ0) is 10.3. The van der Waals surface area contributed by atoms with Crippen molar-refractivity contribution < 1.29 is 4.39 Å².